The molecule has 0 bridgehead atoms. The molecule has 8 rings (SSSR count). The molecule has 2 heterocycles. The van der Waals surface area contributed by atoms with Gasteiger partial charge in [0.2, 0.25) is 0 Å². The number of ether oxygens (including phenoxy) is 1. The fourth-order valence-corrected chi connectivity index (χ4v) is 6.89. The van der Waals surface area contributed by atoms with Gasteiger partial charge in [0.15, 0.2) is 5.82 Å². The molecule has 0 saturated heterocycles. The van der Waals surface area contributed by atoms with E-state index in [-0.39, 0.29) is 0 Å². The van der Waals surface area contributed by atoms with Crippen LogP contribution < -0.4 is 4.74 Å². The van der Waals surface area contributed by atoms with E-state index in [1.165, 1.54) is 11.1 Å². The van der Waals surface area contributed by atoms with Crippen LogP contribution in [-0.2, 0) is 5.41 Å². The Kier molecular flexibility index (Phi) is 7.59. The first-order valence-corrected chi connectivity index (χ1v) is 16.6. The molecule has 7 aromatic rings. The van der Waals surface area contributed by atoms with Crippen molar-refractivity contribution in [2.24, 2.45) is 0 Å². The molecule has 1 atom stereocenters. The molecule has 4 nitrogen and oxygen atoms in total. The fourth-order valence-electron chi connectivity index (χ4n) is 6.89. The minimum Gasteiger partial charge on any atom is -0.457 e. The van der Waals surface area contributed by atoms with E-state index >= 15 is 0 Å². The number of aromatic nitrogens is 2. The molecule has 0 fully saturated rings. The highest BCUT2D eigenvalue weighted by molar-refractivity contribution is 5.76. The maximum absolute atomic E-state index is 10.0. The largest absolute Gasteiger partial charge is 0.457 e. The van der Waals surface area contributed by atoms with Gasteiger partial charge in [-0.3, -0.25) is 0 Å². The second-order valence-corrected chi connectivity index (χ2v) is 12.6. The molecule has 0 saturated carbocycles. The van der Waals surface area contributed by atoms with Gasteiger partial charge in [0, 0.05) is 33.2 Å². The van der Waals surface area contributed by atoms with E-state index in [0.29, 0.717) is 11.4 Å². The lowest BCUT2D eigenvalue weighted by Crippen LogP contribution is -2.28. The summed E-state index contributed by atoms with van der Waals surface area (Å²) in [6.45, 7) is 4.37. The predicted octanol–water partition coefficient (Wildman–Crippen LogP) is 11.5. The zero-order chi connectivity index (χ0) is 33.4. The van der Waals surface area contributed by atoms with Crippen LogP contribution in [0.4, 0.5) is 0 Å². The highest BCUT2D eigenvalue weighted by atomic mass is 16.5. The first kappa shape index (κ1) is 30.1. The third-order valence-corrected chi connectivity index (χ3v) is 9.76. The molecule has 4 heteroatoms. The van der Waals surface area contributed by atoms with Crippen molar-refractivity contribution < 1.29 is 4.74 Å². The van der Waals surface area contributed by atoms with Crippen LogP contribution in [0, 0.1) is 11.3 Å². The van der Waals surface area contributed by atoms with E-state index in [1.807, 2.05) is 36.4 Å². The lowest BCUT2D eigenvalue weighted by Gasteiger charge is -2.37. The van der Waals surface area contributed by atoms with Crippen molar-refractivity contribution in [1.29, 1.82) is 5.26 Å². The lowest BCUT2D eigenvalue weighted by molar-refractivity contribution is 0.399. The van der Waals surface area contributed by atoms with Gasteiger partial charge in [0.1, 0.15) is 11.5 Å². The third-order valence-electron chi connectivity index (χ3n) is 9.76. The number of rotatable bonds is 6. The zero-order valence-corrected chi connectivity index (χ0v) is 27.4. The maximum Gasteiger partial charge on any atom is 0.160 e. The molecular formula is C45H33N3O. The molecule has 0 spiro atoms. The maximum atomic E-state index is 10.0. The van der Waals surface area contributed by atoms with Crippen molar-refractivity contribution in [3.8, 4) is 73.7 Å². The van der Waals surface area contributed by atoms with Crippen molar-refractivity contribution in [3.05, 3.63) is 168 Å². The standard InChI is InChI=1S/C45H33N3O/c1-3-45(2)38-27-36(25-26-41(38)49-42-16-10-15-37(29-46)43(42)45)40-28-39(34-21-17-32(18-22-34)30-11-6-4-7-12-30)47-44(48-40)35-23-19-33(20-24-35)31-13-8-5-9-14-31/h4-28H,3H2,1-2H3. The van der Waals surface area contributed by atoms with E-state index in [9.17, 15) is 5.26 Å². The van der Waals surface area contributed by atoms with Crippen molar-refractivity contribution >= 4 is 0 Å². The van der Waals surface area contributed by atoms with Crippen LogP contribution >= 0.6 is 0 Å². The Balaban J connectivity index is 1.25. The van der Waals surface area contributed by atoms with Gasteiger partial charge in [-0.25, -0.2) is 9.97 Å². The van der Waals surface area contributed by atoms with E-state index in [4.69, 9.17) is 14.7 Å². The first-order chi connectivity index (χ1) is 24.0. The first-order valence-electron chi connectivity index (χ1n) is 16.6. The van der Waals surface area contributed by atoms with Gasteiger partial charge in [-0.15, -0.1) is 0 Å². The molecule has 1 aliphatic heterocycles. The number of fused-ring (bicyclic) bond motifs is 2. The third kappa shape index (κ3) is 5.46. The van der Waals surface area contributed by atoms with Crippen LogP contribution in [0.5, 0.6) is 11.5 Å². The zero-order valence-electron chi connectivity index (χ0n) is 27.4. The number of hydrogen-bond donors (Lipinski definition) is 0. The van der Waals surface area contributed by atoms with Gasteiger partial charge < -0.3 is 4.74 Å². The number of nitriles is 1. The van der Waals surface area contributed by atoms with Crippen LogP contribution in [0.1, 0.15) is 37.0 Å². The molecule has 1 aliphatic rings. The highest BCUT2D eigenvalue weighted by Gasteiger charge is 2.39. The fraction of sp³-hybridized carbons (Fsp3) is 0.0889. The highest BCUT2D eigenvalue weighted by Crippen LogP contribution is 2.51. The minimum atomic E-state index is -0.412. The summed E-state index contributed by atoms with van der Waals surface area (Å²) in [4.78, 5) is 10.3. The molecule has 0 amide bonds. The summed E-state index contributed by atoms with van der Waals surface area (Å²) < 4.78 is 6.41. The van der Waals surface area contributed by atoms with Crippen LogP contribution in [-0.4, -0.2) is 9.97 Å². The Morgan fingerprint density at radius 1 is 0.551 bits per heavy atom. The van der Waals surface area contributed by atoms with Gasteiger partial charge in [-0.1, -0.05) is 129 Å². The van der Waals surface area contributed by atoms with E-state index < -0.39 is 5.41 Å². The average Bonchev–Trinajstić information content (AvgIpc) is 3.18. The number of hydrogen-bond acceptors (Lipinski definition) is 4. The average molecular weight is 632 g/mol. The van der Waals surface area contributed by atoms with Crippen LogP contribution in [0.25, 0.3) is 56.2 Å². The summed E-state index contributed by atoms with van der Waals surface area (Å²) in [5, 5.41) is 10.0. The summed E-state index contributed by atoms with van der Waals surface area (Å²) in [7, 11) is 0. The Hall–Kier alpha value is -6.31. The lowest BCUT2D eigenvalue weighted by atomic mass is 9.70. The SMILES string of the molecule is CCC1(C)c2cc(-c3cc(-c4ccc(-c5ccccc5)cc4)nc(-c4ccc(-c5ccccc5)cc4)n3)ccc2Oc2cccc(C#N)c21. The van der Waals surface area contributed by atoms with Crippen LogP contribution in [0.2, 0.25) is 0 Å². The van der Waals surface area contributed by atoms with Gasteiger partial charge in [-0.05, 0) is 65.1 Å². The number of benzene rings is 6. The molecular weight excluding hydrogens is 599 g/mol. The Bertz CT molecular complexity index is 2240. The summed E-state index contributed by atoms with van der Waals surface area (Å²) in [5.74, 6) is 2.20. The Labute approximate surface area is 287 Å². The van der Waals surface area contributed by atoms with Crippen molar-refractivity contribution in [3.63, 3.8) is 0 Å². The monoisotopic (exact) mass is 631 g/mol. The van der Waals surface area contributed by atoms with Crippen molar-refractivity contribution in [1.82, 2.24) is 9.97 Å². The molecule has 0 N–H and O–H groups in total. The van der Waals surface area contributed by atoms with Crippen molar-refractivity contribution in [2.75, 3.05) is 0 Å². The second kappa shape index (κ2) is 12.4. The Morgan fingerprint density at radius 3 is 1.67 bits per heavy atom. The molecule has 6 aromatic carbocycles. The van der Waals surface area contributed by atoms with Crippen molar-refractivity contribution in [2.45, 2.75) is 25.7 Å². The quantitative estimate of drug-likeness (QED) is 0.183. The second-order valence-electron chi connectivity index (χ2n) is 12.6. The van der Waals surface area contributed by atoms with Gasteiger partial charge in [-0.2, -0.15) is 5.26 Å². The molecule has 234 valence electrons. The van der Waals surface area contributed by atoms with Crippen LogP contribution in [0.3, 0.4) is 0 Å². The molecule has 0 radical (unpaired) electrons. The van der Waals surface area contributed by atoms with Gasteiger partial charge in [0.25, 0.3) is 0 Å². The summed E-state index contributed by atoms with van der Waals surface area (Å²) in [6, 6.07) is 54.2. The van der Waals surface area contributed by atoms with E-state index in [1.54, 1.807) is 0 Å². The Morgan fingerprint density at radius 2 is 1.08 bits per heavy atom. The van der Waals surface area contributed by atoms with E-state index in [0.717, 1.165) is 68.3 Å². The molecule has 1 unspecified atom stereocenters. The minimum absolute atomic E-state index is 0.412. The van der Waals surface area contributed by atoms with E-state index in [2.05, 4.69) is 135 Å². The topological polar surface area (TPSA) is 58.8 Å². The molecule has 0 aliphatic carbocycles. The van der Waals surface area contributed by atoms with Gasteiger partial charge in [0.05, 0.1) is 23.0 Å². The normalized spacial score (nSPS) is 14.6. The smallest absolute Gasteiger partial charge is 0.160 e. The summed E-state index contributed by atoms with van der Waals surface area (Å²) >= 11 is 0. The molecule has 49 heavy (non-hydrogen) atoms. The summed E-state index contributed by atoms with van der Waals surface area (Å²) in [6.07, 6.45) is 0.806. The predicted molar refractivity (Wildman–Crippen MR) is 197 cm³/mol. The van der Waals surface area contributed by atoms with Crippen LogP contribution in [0.15, 0.2) is 152 Å². The van der Waals surface area contributed by atoms with Gasteiger partial charge >= 0.3 is 0 Å². The molecule has 1 aromatic heterocycles. The number of nitrogens with zero attached hydrogens (tertiary/aromatic N) is 3. The summed E-state index contributed by atoms with van der Waals surface area (Å²) in [5.41, 5.74) is 11.4.